The highest BCUT2D eigenvalue weighted by molar-refractivity contribution is 9.10. The zero-order chi connectivity index (χ0) is 38.0. The lowest BCUT2D eigenvalue weighted by atomic mass is 10.1. The molecule has 8 rings (SSSR count). The number of anilines is 2. The molecule has 6 aromatic carbocycles. The highest BCUT2D eigenvalue weighted by Gasteiger charge is 2.37. The largest absolute Gasteiger partial charge is 0.487 e. The number of benzene rings is 6. The van der Waals surface area contributed by atoms with E-state index in [0.717, 1.165) is 51.3 Å². The summed E-state index contributed by atoms with van der Waals surface area (Å²) in [6, 6.07) is 37.9. The first-order valence-electron chi connectivity index (χ1n) is 16.6. The predicted molar refractivity (Wildman–Crippen MR) is 211 cm³/mol. The van der Waals surface area contributed by atoms with Gasteiger partial charge >= 0.3 is 20.4 Å². The maximum Gasteiger partial charge on any atom is 0.326 e. The zero-order valence-electron chi connectivity index (χ0n) is 28.7. The van der Waals surface area contributed by atoms with Crippen molar-refractivity contribution in [3.8, 4) is 11.5 Å². The first kappa shape index (κ1) is 36.7. The summed E-state index contributed by atoms with van der Waals surface area (Å²) in [6.45, 7) is 2.01. The van der Waals surface area contributed by atoms with Crippen LogP contribution in [0.2, 0.25) is 0 Å². The van der Waals surface area contributed by atoms with E-state index in [-0.39, 0.29) is 19.7 Å². The molecule has 12 nitrogen and oxygen atoms in total. The van der Waals surface area contributed by atoms with E-state index in [0.29, 0.717) is 29.5 Å². The number of fused-ring (bicyclic) bond motifs is 2. The Labute approximate surface area is 320 Å². The molecule has 0 unspecified atom stereocenters. The molecule has 2 saturated heterocycles. The Morgan fingerprint density at radius 2 is 1.02 bits per heavy atom. The van der Waals surface area contributed by atoms with Crippen LogP contribution in [0.5, 0.6) is 11.5 Å². The number of carbonyl (C=O) groups is 2. The summed E-state index contributed by atoms with van der Waals surface area (Å²) < 4.78 is 68.2. The van der Waals surface area contributed by atoms with Gasteiger partial charge in [-0.15, -0.1) is 0 Å². The minimum Gasteiger partial charge on any atom is -0.487 e. The fraction of sp³-hybridized carbons (Fsp3) is 0.128. The Kier molecular flexibility index (Phi) is 10.2. The van der Waals surface area contributed by atoms with Crippen LogP contribution in [0.15, 0.2) is 126 Å². The quantitative estimate of drug-likeness (QED) is 0.182. The smallest absolute Gasteiger partial charge is 0.326 e. The fourth-order valence-electron chi connectivity index (χ4n) is 6.03. The molecule has 2 N–H and O–H groups in total. The van der Waals surface area contributed by atoms with Gasteiger partial charge in [0.15, 0.2) is 0 Å². The van der Waals surface area contributed by atoms with Crippen LogP contribution in [0.1, 0.15) is 16.7 Å². The van der Waals surface area contributed by atoms with Crippen LogP contribution in [0.4, 0.5) is 11.4 Å². The van der Waals surface area contributed by atoms with Gasteiger partial charge in [-0.05, 0) is 76.0 Å². The Balaban J connectivity index is 0.000000167. The molecule has 15 heteroatoms. The summed E-state index contributed by atoms with van der Waals surface area (Å²) in [5.74, 6) is -0.323. The normalized spacial score (nSPS) is 15.7. The van der Waals surface area contributed by atoms with E-state index in [2.05, 4.69) is 15.9 Å². The van der Waals surface area contributed by atoms with Gasteiger partial charge < -0.3 is 9.47 Å². The lowest BCUT2D eigenvalue weighted by Gasteiger charge is -2.20. The van der Waals surface area contributed by atoms with E-state index < -0.39 is 32.2 Å². The summed E-state index contributed by atoms with van der Waals surface area (Å²) in [5.41, 5.74) is 3.66. The van der Waals surface area contributed by atoms with Gasteiger partial charge in [-0.25, -0.2) is 18.1 Å². The van der Waals surface area contributed by atoms with E-state index in [1.165, 1.54) is 0 Å². The van der Waals surface area contributed by atoms with Crippen molar-refractivity contribution in [2.45, 2.75) is 20.1 Å². The number of hydrogen-bond acceptors (Lipinski definition) is 8. The SMILES string of the molecule is Cc1ccc2cc(OCc3ccccc3)c(N3CC(=O)NS3(=O)=O)cc2c1.O=C1CN(c2cc3cc(Br)ccc3cc2OCc2ccccc2)S(=O)(=O)N1. The van der Waals surface area contributed by atoms with Gasteiger partial charge in [-0.1, -0.05) is 106 Å². The topological polar surface area (TPSA) is 151 Å². The molecule has 2 amide bonds. The minimum atomic E-state index is -3.93. The Bertz CT molecular complexity index is 2440. The number of nitrogens with zero attached hydrogens (tertiary/aromatic N) is 2. The van der Waals surface area contributed by atoms with Crippen molar-refractivity contribution in [2.75, 3.05) is 21.7 Å². The van der Waals surface area contributed by atoms with Crippen molar-refractivity contribution < 1.29 is 35.9 Å². The molecule has 0 spiro atoms. The minimum absolute atomic E-state index is 0.263. The third kappa shape index (κ3) is 8.12. The molecule has 0 aliphatic carbocycles. The maximum absolute atomic E-state index is 12.3. The van der Waals surface area contributed by atoms with Gasteiger partial charge in [0.25, 0.3) is 11.8 Å². The third-order valence-corrected chi connectivity index (χ3v) is 11.9. The van der Waals surface area contributed by atoms with Crippen LogP contribution in [0, 0.1) is 6.92 Å². The molecule has 276 valence electrons. The van der Waals surface area contributed by atoms with Crippen LogP contribution in [-0.4, -0.2) is 41.7 Å². The molecule has 2 aliphatic heterocycles. The number of amides is 2. The van der Waals surface area contributed by atoms with Crippen LogP contribution >= 0.6 is 15.9 Å². The van der Waals surface area contributed by atoms with Crippen molar-refractivity contribution in [2.24, 2.45) is 0 Å². The Morgan fingerprint density at radius 3 is 1.46 bits per heavy atom. The molecule has 0 aromatic heterocycles. The highest BCUT2D eigenvalue weighted by atomic mass is 79.9. The van der Waals surface area contributed by atoms with Gasteiger partial charge in [-0.2, -0.15) is 16.8 Å². The summed E-state index contributed by atoms with van der Waals surface area (Å²) in [5, 5.41) is 3.55. The fourth-order valence-corrected chi connectivity index (χ4v) is 8.72. The Morgan fingerprint density at radius 1 is 0.574 bits per heavy atom. The Hall–Kier alpha value is -5.64. The molecule has 6 aromatic rings. The predicted octanol–water partition coefficient (Wildman–Crippen LogP) is 6.27. The molecular weight excluding hydrogens is 796 g/mol. The summed E-state index contributed by atoms with van der Waals surface area (Å²) in [7, 11) is -7.85. The van der Waals surface area contributed by atoms with Crippen molar-refractivity contribution in [3.63, 3.8) is 0 Å². The van der Waals surface area contributed by atoms with Gasteiger partial charge in [0.05, 0.1) is 11.4 Å². The van der Waals surface area contributed by atoms with Gasteiger partial charge in [-0.3, -0.25) is 9.59 Å². The number of carbonyl (C=O) groups excluding carboxylic acids is 2. The van der Waals surface area contributed by atoms with Crippen LogP contribution < -0.4 is 27.5 Å². The number of halogens is 1. The first-order valence-corrected chi connectivity index (χ1v) is 20.3. The first-order chi connectivity index (χ1) is 25.8. The van der Waals surface area contributed by atoms with Gasteiger partial charge in [0.2, 0.25) is 0 Å². The molecule has 0 atom stereocenters. The van der Waals surface area contributed by atoms with Crippen molar-refractivity contribution in [1.82, 2.24) is 9.44 Å². The number of nitrogens with one attached hydrogen (secondary N) is 2. The standard InChI is InChI=1S/C20H18N2O4S.C19H15BrN2O4S/c1-14-7-8-16-11-19(26-13-15-5-3-2-4-6-15)18(10-17(16)9-14)22-12-20(23)21-27(22,24)25;20-16-7-6-14-10-18(26-12-13-4-2-1-3-5-13)17(9-15(14)8-16)22-11-19(23)21-27(22,24)25/h2-11H,12-13H2,1H3,(H,21,23);1-10H,11-12H2,(H,21,23). The number of aryl methyl sites for hydroxylation is 1. The van der Waals surface area contributed by atoms with Crippen LogP contribution in [0.25, 0.3) is 21.5 Å². The van der Waals surface area contributed by atoms with E-state index in [9.17, 15) is 26.4 Å². The number of rotatable bonds is 8. The molecule has 0 radical (unpaired) electrons. The average Bonchev–Trinajstić information content (AvgIpc) is 3.59. The molecular formula is C39H33BrN4O8S2. The summed E-state index contributed by atoms with van der Waals surface area (Å²) in [4.78, 5) is 23.3. The number of hydrogen-bond donors (Lipinski definition) is 2. The van der Waals surface area contributed by atoms with Crippen molar-refractivity contribution >= 4 is 81.1 Å². The van der Waals surface area contributed by atoms with Crippen molar-refractivity contribution in [1.29, 1.82) is 0 Å². The van der Waals surface area contributed by atoms with E-state index in [4.69, 9.17) is 9.47 Å². The van der Waals surface area contributed by atoms with E-state index >= 15 is 0 Å². The summed E-state index contributed by atoms with van der Waals surface area (Å²) in [6.07, 6.45) is 0. The molecule has 2 fully saturated rings. The second-order valence-corrected chi connectivity index (χ2v) is 16.7. The zero-order valence-corrected chi connectivity index (χ0v) is 31.9. The average molecular weight is 830 g/mol. The van der Waals surface area contributed by atoms with E-state index in [1.54, 1.807) is 18.2 Å². The van der Waals surface area contributed by atoms with Crippen molar-refractivity contribution in [3.05, 3.63) is 142 Å². The molecule has 2 heterocycles. The van der Waals surface area contributed by atoms with E-state index in [1.807, 2.05) is 119 Å². The second kappa shape index (κ2) is 15.0. The third-order valence-electron chi connectivity index (χ3n) is 8.61. The van der Waals surface area contributed by atoms with Crippen LogP contribution in [-0.2, 0) is 43.2 Å². The highest BCUT2D eigenvalue weighted by Crippen LogP contribution is 2.38. The van der Waals surface area contributed by atoms with Crippen LogP contribution in [0.3, 0.4) is 0 Å². The maximum atomic E-state index is 12.3. The van der Waals surface area contributed by atoms with Gasteiger partial charge in [0, 0.05) is 4.47 Å². The lowest BCUT2D eigenvalue weighted by molar-refractivity contribution is -0.118. The van der Waals surface area contributed by atoms with Gasteiger partial charge in [0.1, 0.15) is 37.8 Å². The molecule has 0 saturated carbocycles. The molecule has 2 aliphatic rings. The second-order valence-electron chi connectivity index (χ2n) is 12.6. The molecule has 0 bridgehead atoms. The summed E-state index contributed by atoms with van der Waals surface area (Å²) >= 11 is 3.42. The molecule has 54 heavy (non-hydrogen) atoms. The number of ether oxygens (including phenoxy) is 2. The monoisotopic (exact) mass is 828 g/mol. The lowest BCUT2D eigenvalue weighted by Crippen LogP contribution is -2.29.